The van der Waals surface area contributed by atoms with Gasteiger partial charge in [0.15, 0.2) is 0 Å². The van der Waals surface area contributed by atoms with Gasteiger partial charge in [-0.1, -0.05) is 23.2 Å². The molecule has 0 aromatic heterocycles. The SMILES string of the molecule is CC(C)OC(=NCC[NH+]1CCCCC1)NC(=O)c1ccc(Cl)c(Cl)c1. The van der Waals surface area contributed by atoms with Gasteiger partial charge in [0, 0.05) is 5.56 Å². The maximum Gasteiger partial charge on any atom is 0.292 e. The van der Waals surface area contributed by atoms with E-state index in [9.17, 15) is 4.79 Å². The highest BCUT2D eigenvalue weighted by Gasteiger charge is 2.15. The number of nitrogens with one attached hydrogen (secondary N) is 2. The number of nitrogens with zero attached hydrogens (tertiary/aromatic N) is 1. The van der Waals surface area contributed by atoms with Crippen molar-refractivity contribution in [2.24, 2.45) is 4.99 Å². The summed E-state index contributed by atoms with van der Waals surface area (Å²) in [6.07, 6.45) is 3.81. The van der Waals surface area contributed by atoms with Gasteiger partial charge in [-0.3, -0.25) is 10.1 Å². The monoisotopic (exact) mass is 386 g/mol. The minimum Gasteiger partial charge on any atom is -0.462 e. The van der Waals surface area contributed by atoms with Gasteiger partial charge in [-0.15, -0.1) is 0 Å². The molecule has 1 heterocycles. The molecule has 138 valence electrons. The first kappa shape index (κ1) is 20.0. The average molecular weight is 387 g/mol. The summed E-state index contributed by atoms with van der Waals surface area (Å²) in [5.41, 5.74) is 0.413. The Labute approximate surface area is 159 Å². The van der Waals surface area contributed by atoms with Gasteiger partial charge in [0.05, 0.1) is 42.3 Å². The lowest BCUT2D eigenvalue weighted by atomic mass is 10.1. The minimum atomic E-state index is -0.316. The third-order valence-corrected chi connectivity index (χ3v) is 4.77. The molecule has 5 nitrogen and oxygen atoms in total. The number of likely N-dealkylation sites (tertiary alicyclic amines) is 1. The number of hydrogen-bond donors (Lipinski definition) is 2. The molecule has 1 fully saturated rings. The van der Waals surface area contributed by atoms with Crippen LogP contribution in [0.15, 0.2) is 23.2 Å². The lowest BCUT2D eigenvalue weighted by Crippen LogP contribution is -3.13. The third kappa shape index (κ3) is 6.84. The molecule has 2 rings (SSSR count). The molecule has 1 aromatic rings. The van der Waals surface area contributed by atoms with Gasteiger partial charge in [-0.25, -0.2) is 4.99 Å². The van der Waals surface area contributed by atoms with Crippen LogP contribution in [0.4, 0.5) is 0 Å². The Morgan fingerprint density at radius 3 is 2.60 bits per heavy atom. The lowest BCUT2D eigenvalue weighted by Gasteiger charge is -2.22. The van der Waals surface area contributed by atoms with Crippen LogP contribution in [-0.4, -0.2) is 44.2 Å². The maximum absolute atomic E-state index is 12.4. The molecule has 1 aliphatic heterocycles. The van der Waals surface area contributed by atoms with Gasteiger partial charge in [-0.05, 0) is 51.3 Å². The molecule has 0 bridgehead atoms. The first-order valence-electron chi connectivity index (χ1n) is 8.77. The van der Waals surface area contributed by atoms with Gasteiger partial charge in [0.2, 0.25) is 0 Å². The Morgan fingerprint density at radius 2 is 1.96 bits per heavy atom. The quantitative estimate of drug-likeness (QED) is 0.603. The first-order valence-corrected chi connectivity index (χ1v) is 9.52. The molecule has 1 amide bonds. The number of rotatable bonds is 5. The summed E-state index contributed by atoms with van der Waals surface area (Å²) in [6.45, 7) is 7.77. The molecule has 0 saturated carbocycles. The second kappa shape index (κ2) is 10.00. The summed E-state index contributed by atoms with van der Waals surface area (Å²) in [4.78, 5) is 18.4. The van der Waals surface area contributed by atoms with Crippen molar-refractivity contribution in [3.8, 4) is 0 Å². The van der Waals surface area contributed by atoms with Gasteiger partial charge < -0.3 is 9.64 Å². The van der Waals surface area contributed by atoms with E-state index in [1.54, 1.807) is 17.0 Å². The number of carbonyl (C=O) groups excluding carboxylic acids is 1. The van der Waals surface area contributed by atoms with E-state index in [-0.39, 0.29) is 18.0 Å². The van der Waals surface area contributed by atoms with E-state index in [2.05, 4.69) is 10.3 Å². The Hall–Kier alpha value is -1.30. The van der Waals surface area contributed by atoms with Crippen molar-refractivity contribution in [2.75, 3.05) is 26.2 Å². The van der Waals surface area contributed by atoms with Crippen LogP contribution in [0, 0.1) is 0 Å². The number of amides is 1. The molecule has 2 N–H and O–H groups in total. The summed E-state index contributed by atoms with van der Waals surface area (Å²) in [6, 6.07) is 5.00. The van der Waals surface area contributed by atoms with E-state index in [4.69, 9.17) is 27.9 Å². The Kier molecular flexibility index (Phi) is 8.00. The molecule has 0 radical (unpaired) electrons. The summed E-state index contributed by atoms with van der Waals surface area (Å²) in [7, 11) is 0. The standard InChI is InChI=1S/C18H25Cl2N3O2/c1-13(2)25-18(21-8-11-23-9-4-3-5-10-23)22-17(24)14-6-7-15(19)16(20)12-14/h6-7,12-13H,3-5,8-11H2,1-2H3,(H,21,22,24)/p+1. The number of aliphatic imine (C=N–C) groups is 1. The second-order valence-corrected chi connectivity index (χ2v) is 7.31. The molecular weight excluding hydrogens is 361 g/mol. The minimum absolute atomic E-state index is 0.0739. The highest BCUT2D eigenvalue weighted by molar-refractivity contribution is 6.42. The Balaban J connectivity index is 1.96. The van der Waals surface area contributed by atoms with Crippen molar-refractivity contribution in [1.29, 1.82) is 0 Å². The number of carbonyl (C=O) groups is 1. The van der Waals surface area contributed by atoms with E-state index >= 15 is 0 Å². The average Bonchev–Trinajstić information content (AvgIpc) is 2.57. The van der Waals surface area contributed by atoms with Gasteiger partial charge in [0.25, 0.3) is 11.9 Å². The molecule has 0 aliphatic carbocycles. The van der Waals surface area contributed by atoms with Crippen LogP contribution in [0.1, 0.15) is 43.5 Å². The normalized spacial score (nSPS) is 16.1. The topological polar surface area (TPSA) is 55.1 Å². The lowest BCUT2D eigenvalue weighted by molar-refractivity contribution is -0.903. The molecule has 25 heavy (non-hydrogen) atoms. The van der Waals surface area contributed by atoms with E-state index in [0.717, 1.165) is 6.54 Å². The van der Waals surface area contributed by atoms with Crippen LogP contribution in [0.25, 0.3) is 0 Å². The summed E-state index contributed by atoms with van der Waals surface area (Å²) < 4.78 is 5.64. The predicted molar refractivity (Wildman–Crippen MR) is 102 cm³/mol. The predicted octanol–water partition coefficient (Wildman–Crippen LogP) is 2.57. The number of amidine groups is 1. The molecule has 7 heteroatoms. The molecule has 0 unspecified atom stereocenters. The van der Waals surface area contributed by atoms with Gasteiger partial charge in [0.1, 0.15) is 0 Å². The smallest absolute Gasteiger partial charge is 0.292 e. The molecule has 1 aromatic carbocycles. The van der Waals surface area contributed by atoms with Crippen molar-refractivity contribution in [1.82, 2.24) is 5.32 Å². The van der Waals surface area contributed by atoms with Crippen LogP contribution in [-0.2, 0) is 4.74 Å². The van der Waals surface area contributed by atoms with Crippen molar-refractivity contribution >= 4 is 35.1 Å². The van der Waals surface area contributed by atoms with Crippen LogP contribution in [0.2, 0.25) is 10.0 Å². The zero-order valence-electron chi connectivity index (χ0n) is 14.8. The zero-order chi connectivity index (χ0) is 18.2. The number of benzene rings is 1. The van der Waals surface area contributed by atoms with E-state index in [1.165, 1.54) is 38.4 Å². The van der Waals surface area contributed by atoms with E-state index in [0.29, 0.717) is 22.2 Å². The number of hydrogen-bond acceptors (Lipinski definition) is 3. The number of halogens is 2. The van der Waals surface area contributed by atoms with Crippen molar-refractivity contribution in [2.45, 2.75) is 39.2 Å². The summed E-state index contributed by atoms with van der Waals surface area (Å²) >= 11 is 11.9. The van der Waals surface area contributed by atoms with Crippen molar-refractivity contribution < 1.29 is 14.4 Å². The number of piperidine rings is 1. The van der Waals surface area contributed by atoms with Crippen LogP contribution >= 0.6 is 23.2 Å². The fourth-order valence-electron chi connectivity index (χ4n) is 2.75. The van der Waals surface area contributed by atoms with E-state index in [1.807, 2.05) is 13.8 Å². The Morgan fingerprint density at radius 1 is 1.24 bits per heavy atom. The summed E-state index contributed by atoms with van der Waals surface area (Å²) in [5.74, 6) is -0.316. The highest BCUT2D eigenvalue weighted by Crippen LogP contribution is 2.22. The van der Waals surface area contributed by atoms with E-state index < -0.39 is 0 Å². The number of quaternary nitrogens is 1. The van der Waals surface area contributed by atoms with Crippen molar-refractivity contribution in [3.63, 3.8) is 0 Å². The molecule has 0 spiro atoms. The number of ether oxygens (including phenoxy) is 1. The fraction of sp³-hybridized carbons (Fsp3) is 0.556. The van der Waals surface area contributed by atoms with Crippen LogP contribution in [0.3, 0.4) is 0 Å². The summed E-state index contributed by atoms with van der Waals surface area (Å²) in [5, 5.41) is 3.48. The first-order chi connectivity index (χ1) is 12.0. The molecule has 0 atom stereocenters. The van der Waals surface area contributed by atoms with Crippen LogP contribution < -0.4 is 10.2 Å². The maximum atomic E-state index is 12.4. The fourth-order valence-corrected chi connectivity index (χ4v) is 3.05. The van der Waals surface area contributed by atoms with Crippen molar-refractivity contribution in [3.05, 3.63) is 33.8 Å². The molecule has 1 aliphatic rings. The largest absolute Gasteiger partial charge is 0.462 e. The van der Waals surface area contributed by atoms with Crippen LogP contribution in [0.5, 0.6) is 0 Å². The van der Waals surface area contributed by atoms with Gasteiger partial charge >= 0.3 is 0 Å². The third-order valence-electron chi connectivity index (χ3n) is 4.03. The molecular formula is C18H26Cl2N3O2+. The highest BCUT2D eigenvalue weighted by atomic mass is 35.5. The Bertz CT molecular complexity index is 614. The van der Waals surface area contributed by atoms with Gasteiger partial charge in [-0.2, -0.15) is 0 Å². The molecule has 1 saturated heterocycles. The second-order valence-electron chi connectivity index (χ2n) is 6.50. The zero-order valence-corrected chi connectivity index (χ0v) is 16.3.